The SMILES string of the molecule is OC[C@H]1OC(OC2O[C@H](C(O)O)[C@H](O)C(O)(O)C2(O)O)[C@H](O)[C@@H](O)[C@@H]1O. The minimum atomic E-state index is -3.78. The number of aliphatic hydroxyl groups is 11. The smallest absolute Gasteiger partial charge is 0.274 e. The maximum Gasteiger partial charge on any atom is 0.274 e. The predicted molar refractivity (Wildman–Crippen MR) is 72.1 cm³/mol. The van der Waals surface area contributed by atoms with Gasteiger partial charge in [-0.1, -0.05) is 0 Å². The summed E-state index contributed by atoms with van der Waals surface area (Å²) < 4.78 is 14.5. The monoisotopic (exact) mass is 390 g/mol. The average Bonchev–Trinajstić information content (AvgIpc) is 2.56. The first-order valence-electron chi connectivity index (χ1n) is 7.41. The van der Waals surface area contributed by atoms with E-state index in [1.165, 1.54) is 0 Å². The van der Waals surface area contributed by atoms with Gasteiger partial charge in [0.25, 0.3) is 11.6 Å². The van der Waals surface area contributed by atoms with Crippen molar-refractivity contribution in [3.05, 3.63) is 0 Å². The van der Waals surface area contributed by atoms with E-state index >= 15 is 0 Å². The van der Waals surface area contributed by atoms with Crippen LogP contribution in [-0.4, -0.2) is 130 Å². The first-order chi connectivity index (χ1) is 11.9. The normalized spacial score (nSPS) is 45.7. The van der Waals surface area contributed by atoms with E-state index in [1.54, 1.807) is 0 Å². The Balaban J connectivity index is 2.25. The maximum atomic E-state index is 9.87. The highest BCUT2D eigenvalue weighted by Crippen LogP contribution is 2.37. The first-order valence-corrected chi connectivity index (χ1v) is 7.41. The lowest BCUT2D eigenvalue weighted by atomic mass is 9.91. The van der Waals surface area contributed by atoms with E-state index in [2.05, 4.69) is 0 Å². The van der Waals surface area contributed by atoms with Crippen molar-refractivity contribution >= 4 is 0 Å². The summed E-state index contributed by atoms with van der Waals surface area (Å²) in [6, 6.07) is 0. The second-order valence-electron chi connectivity index (χ2n) is 6.08. The third-order valence-electron chi connectivity index (χ3n) is 4.27. The van der Waals surface area contributed by atoms with Crippen LogP contribution < -0.4 is 0 Å². The molecular formula is C12H22O14. The van der Waals surface area contributed by atoms with Crippen LogP contribution in [0.15, 0.2) is 0 Å². The Labute approximate surface area is 145 Å². The number of ether oxygens (including phenoxy) is 3. The van der Waals surface area contributed by atoms with E-state index in [9.17, 15) is 40.9 Å². The van der Waals surface area contributed by atoms with Gasteiger partial charge in [0.05, 0.1) is 6.61 Å². The van der Waals surface area contributed by atoms with Gasteiger partial charge < -0.3 is 70.4 Å². The fraction of sp³-hybridized carbons (Fsp3) is 1.00. The predicted octanol–water partition coefficient (Wildman–Crippen LogP) is -7.44. The molecule has 2 aliphatic heterocycles. The summed E-state index contributed by atoms with van der Waals surface area (Å²) in [4.78, 5) is 0. The molecule has 26 heavy (non-hydrogen) atoms. The molecule has 0 aromatic carbocycles. The Morgan fingerprint density at radius 3 is 1.92 bits per heavy atom. The standard InChI is InChI=1S/C12H22O14/c13-1-2-3(14)4(15)5(16)9(24-2)26-10-12(22,23)11(20,21)7(17)6(25-10)8(18)19/h2-10,13-23H,1H2/t2-,3-,4+,5-,6+,7+,9?,10?/m1/s1. The molecule has 11 N–H and O–H groups in total. The number of aliphatic hydroxyl groups excluding tert-OH is 6. The summed E-state index contributed by atoms with van der Waals surface area (Å²) in [5.41, 5.74) is 0. The van der Waals surface area contributed by atoms with Gasteiger partial charge in [0.1, 0.15) is 36.6 Å². The van der Waals surface area contributed by atoms with Crippen LogP contribution in [-0.2, 0) is 14.2 Å². The van der Waals surface area contributed by atoms with Gasteiger partial charge in [0, 0.05) is 0 Å². The van der Waals surface area contributed by atoms with Gasteiger partial charge in [0.2, 0.25) is 6.29 Å². The molecule has 0 bridgehead atoms. The van der Waals surface area contributed by atoms with Gasteiger partial charge in [-0.15, -0.1) is 0 Å². The van der Waals surface area contributed by atoms with Gasteiger partial charge >= 0.3 is 0 Å². The molecule has 2 saturated heterocycles. The van der Waals surface area contributed by atoms with Crippen LogP contribution in [0, 0.1) is 0 Å². The Morgan fingerprint density at radius 1 is 0.846 bits per heavy atom. The molecule has 0 saturated carbocycles. The van der Waals surface area contributed by atoms with Crippen molar-refractivity contribution in [3.8, 4) is 0 Å². The fourth-order valence-electron chi connectivity index (χ4n) is 2.59. The van der Waals surface area contributed by atoms with E-state index in [4.69, 9.17) is 29.5 Å². The second-order valence-corrected chi connectivity index (χ2v) is 6.08. The highest BCUT2D eigenvalue weighted by atomic mass is 16.8. The van der Waals surface area contributed by atoms with Crippen LogP contribution in [0.25, 0.3) is 0 Å². The van der Waals surface area contributed by atoms with Crippen LogP contribution in [0.2, 0.25) is 0 Å². The van der Waals surface area contributed by atoms with E-state index in [0.29, 0.717) is 0 Å². The van der Waals surface area contributed by atoms with Gasteiger partial charge in [-0.3, -0.25) is 0 Å². The summed E-state index contributed by atoms with van der Waals surface area (Å²) in [7, 11) is 0. The molecule has 2 unspecified atom stereocenters. The molecule has 14 nitrogen and oxygen atoms in total. The van der Waals surface area contributed by atoms with Crippen LogP contribution >= 0.6 is 0 Å². The van der Waals surface area contributed by atoms with Crippen molar-refractivity contribution in [2.45, 2.75) is 67.1 Å². The quantitative estimate of drug-likeness (QED) is 0.200. The van der Waals surface area contributed by atoms with Gasteiger partial charge in [-0.25, -0.2) is 0 Å². The van der Waals surface area contributed by atoms with Gasteiger partial charge in [-0.2, -0.15) is 0 Å². The molecule has 0 aromatic heterocycles. The molecule has 0 aromatic rings. The van der Waals surface area contributed by atoms with Crippen molar-refractivity contribution in [2.75, 3.05) is 6.61 Å². The maximum absolute atomic E-state index is 9.87. The molecule has 0 radical (unpaired) electrons. The number of rotatable bonds is 4. The summed E-state index contributed by atoms with van der Waals surface area (Å²) in [6.07, 6.45) is -18.9. The Morgan fingerprint density at radius 2 is 1.42 bits per heavy atom. The lowest BCUT2D eigenvalue weighted by molar-refractivity contribution is -0.504. The molecule has 154 valence electrons. The van der Waals surface area contributed by atoms with Crippen molar-refractivity contribution in [1.29, 1.82) is 0 Å². The molecule has 0 spiro atoms. The fourth-order valence-corrected chi connectivity index (χ4v) is 2.59. The minimum absolute atomic E-state index is 0.833. The summed E-state index contributed by atoms with van der Waals surface area (Å²) in [5.74, 6) is -7.55. The van der Waals surface area contributed by atoms with E-state index in [1.807, 2.05) is 0 Å². The zero-order chi connectivity index (χ0) is 20.0. The molecule has 2 heterocycles. The molecule has 14 heteroatoms. The Bertz CT molecular complexity index is 481. The topological polar surface area (TPSA) is 250 Å². The van der Waals surface area contributed by atoms with Gasteiger partial charge in [-0.05, 0) is 0 Å². The molecular weight excluding hydrogens is 368 g/mol. The summed E-state index contributed by atoms with van der Waals surface area (Å²) in [5, 5.41) is 105. The second kappa shape index (κ2) is 7.46. The summed E-state index contributed by atoms with van der Waals surface area (Å²) >= 11 is 0. The lowest BCUT2D eigenvalue weighted by Gasteiger charge is -2.50. The molecule has 2 aliphatic rings. The minimum Gasteiger partial charge on any atom is -0.394 e. The lowest BCUT2D eigenvalue weighted by Crippen LogP contribution is -2.76. The van der Waals surface area contributed by atoms with Crippen LogP contribution in [0.4, 0.5) is 0 Å². The summed E-state index contributed by atoms with van der Waals surface area (Å²) in [6.45, 7) is -0.833. The van der Waals surface area contributed by atoms with Crippen LogP contribution in [0.1, 0.15) is 0 Å². The van der Waals surface area contributed by atoms with Crippen molar-refractivity contribution in [1.82, 2.24) is 0 Å². The molecule has 0 amide bonds. The molecule has 2 fully saturated rings. The number of hydrogen-bond acceptors (Lipinski definition) is 14. The van der Waals surface area contributed by atoms with Crippen LogP contribution in [0.3, 0.4) is 0 Å². The largest absolute Gasteiger partial charge is 0.394 e. The number of hydrogen-bond donors (Lipinski definition) is 11. The average molecular weight is 390 g/mol. The highest BCUT2D eigenvalue weighted by Gasteiger charge is 2.67. The third kappa shape index (κ3) is 3.46. The zero-order valence-electron chi connectivity index (χ0n) is 13.0. The van der Waals surface area contributed by atoms with E-state index in [0.717, 1.165) is 0 Å². The third-order valence-corrected chi connectivity index (χ3v) is 4.27. The first kappa shape index (κ1) is 21.7. The van der Waals surface area contributed by atoms with Crippen LogP contribution in [0.5, 0.6) is 0 Å². The van der Waals surface area contributed by atoms with Gasteiger partial charge in [0.15, 0.2) is 12.6 Å². The van der Waals surface area contributed by atoms with E-state index in [-0.39, 0.29) is 0 Å². The highest BCUT2D eigenvalue weighted by molar-refractivity contribution is 5.00. The Hall–Kier alpha value is -0.560. The zero-order valence-corrected chi connectivity index (χ0v) is 13.0. The van der Waals surface area contributed by atoms with Crippen molar-refractivity contribution in [2.24, 2.45) is 0 Å². The molecule has 0 aliphatic carbocycles. The Kier molecular flexibility index (Phi) is 6.23. The van der Waals surface area contributed by atoms with Crippen molar-refractivity contribution in [3.63, 3.8) is 0 Å². The molecule has 2 rings (SSSR count). The molecule has 8 atom stereocenters. The van der Waals surface area contributed by atoms with Crippen molar-refractivity contribution < 1.29 is 70.4 Å². The van der Waals surface area contributed by atoms with E-state index < -0.39 is 73.7 Å².